The average Bonchev–Trinajstić information content (AvgIpc) is 2.23. The highest BCUT2D eigenvalue weighted by atomic mass is 35.5. The van der Waals surface area contributed by atoms with E-state index in [2.05, 4.69) is 4.98 Å². The minimum absolute atomic E-state index is 0.565. The Hall–Kier alpha value is -1.74. The molecule has 0 amide bonds. The number of nitrogen functional groups attached to an aromatic ring is 2. The van der Waals surface area contributed by atoms with E-state index in [1.54, 1.807) is 36.5 Å². The van der Waals surface area contributed by atoms with E-state index in [9.17, 15) is 0 Å². The van der Waals surface area contributed by atoms with Crippen molar-refractivity contribution >= 4 is 23.0 Å². The fraction of sp³-hybridized carbons (Fsp3) is 0. The van der Waals surface area contributed by atoms with Crippen molar-refractivity contribution in [3.63, 3.8) is 0 Å². The third kappa shape index (κ3) is 1.87. The summed E-state index contributed by atoms with van der Waals surface area (Å²) < 4.78 is 0. The second-order valence-corrected chi connectivity index (χ2v) is 3.59. The molecule has 0 bridgehead atoms. The maximum Gasteiger partial charge on any atom is 0.0909 e. The number of pyridine rings is 1. The van der Waals surface area contributed by atoms with Gasteiger partial charge in [-0.2, -0.15) is 0 Å². The Bertz CT molecular complexity index is 497. The van der Waals surface area contributed by atoms with Gasteiger partial charge in [0.15, 0.2) is 0 Å². The number of anilines is 2. The van der Waals surface area contributed by atoms with E-state index in [0.717, 1.165) is 5.56 Å². The van der Waals surface area contributed by atoms with Crippen LogP contribution in [0.25, 0.3) is 11.3 Å². The summed E-state index contributed by atoms with van der Waals surface area (Å²) in [4.78, 5) is 4.18. The number of nitrogens with zero attached hydrogens (tertiary/aromatic N) is 1. The summed E-state index contributed by atoms with van der Waals surface area (Å²) in [6.45, 7) is 0. The first kappa shape index (κ1) is 9.80. The SMILES string of the molecule is Nc1ccc(N)c(-c2ncccc2Cl)c1. The Labute approximate surface area is 92.7 Å². The lowest BCUT2D eigenvalue weighted by Gasteiger charge is -2.07. The molecule has 0 radical (unpaired) electrons. The quantitative estimate of drug-likeness (QED) is 0.725. The van der Waals surface area contributed by atoms with Crippen molar-refractivity contribution < 1.29 is 0 Å². The van der Waals surface area contributed by atoms with Crippen LogP contribution in [0.2, 0.25) is 5.02 Å². The van der Waals surface area contributed by atoms with Crippen molar-refractivity contribution in [1.82, 2.24) is 4.98 Å². The Kier molecular flexibility index (Phi) is 2.47. The van der Waals surface area contributed by atoms with E-state index >= 15 is 0 Å². The highest BCUT2D eigenvalue weighted by Crippen LogP contribution is 2.31. The van der Waals surface area contributed by atoms with Crippen molar-refractivity contribution in [3.05, 3.63) is 41.6 Å². The number of halogens is 1. The van der Waals surface area contributed by atoms with Crippen LogP contribution in [0.5, 0.6) is 0 Å². The van der Waals surface area contributed by atoms with Gasteiger partial charge in [-0.25, -0.2) is 0 Å². The molecule has 3 nitrogen and oxygen atoms in total. The second-order valence-electron chi connectivity index (χ2n) is 3.18. The molecule has 2 rings (SSSR count). The molecule has 4 heteroatoms. The van der Waals surface area contributed by atoms with E-state index in [1.165, 1.54) is 0 Å². The van der Waals surface area contributed by atoms with E-state index < -0.39 is 0 Å². The predicted molar refractivity (Wildman–Crippen MR) is 63.5 cm³/mol. The molecule has 4 N–H and O–H groups in total. The van der Waals surface area contributed by atoms with E-state index in [4.69, 9.17) is 23.1 Å². The molecule has 0 saturated carbocycles. The van der Waals surface area contributed by atoms with Gasteiger partial charge in [0, 0.05) is 23.1 Å². The maximum absolute atomic E-state index is 6.02. The van der Waals surface area contributed by atoms with Gasteiger partial charge in [0.05, 0.1) is 10.7 Å². The smallest absolute Gasteiger partial charge is 0.0909 e. The fourth-order valence-electron chi connectivity index (χ4n) is 1.36. The molecular formula is C11H10ClN3. The first-order valence-electron chi connectivity index (χ1n) is 4.44. The topological polar surface area (TPSA) is 64.9 Å². The van der Waals surface area contributed by atoms with Crippen molar-refractivity contribution in [2.24, 2.45) is 0 Å². The summed E-state index contributed by atoms with van der Waals surface area (Å²) >= 11 is 6.02. The minimum Gasteiger partial charge on any atom is -0.399 e. The molecule has 0 aliphatic carbocycles. The molecule has 2 aromatic rings. The van der Waals surface area contributed by atoms with Gasteiger partial charge in [-0.05, 0) is 30.3 Å². The molecule has 1 heterocycles. The first-order chi connectivity index (χ1) is 7.18. The molecule has 1 aromatic heterocycles. The standard InChI is InChI=1S/C11H10ClN3/c12-9-2-1-5-15-11(9)8-6-7(13)3-4-10(8)14/h1-6H,13-14H2. The molecule has 0 saturated heterocycles. The lowest BCUT2D eigenvalue weighted by Crippen LogP contribution is -1.94. The van der Waals surface area contributed by atoms with E-state index in [-0.39, 0.29) is 0 Å². The monoisotopic (exact) mass is 219 g/mol. The lowest BCUT2D eigenvalue weighted by atomic mass is 10.1. The molecule has 0 aliphatic rings. The minimum atomic E-state index is 0.565. The normalized spacial score (nSPS) is 10.2. The third-order valence-corrected chi connectivity index (χ3v) is 2.40. The zero-order chi connectivity index (χ0) is 10.8. The van der Waals surface area contributed by atoms with E-state index in [1.807, 2.05) is 0 Å². The van der Waals surface area contributed by atoms with Gasteiger partial charge in [0.25, 0.3) is 0 Å². The highest BCUT2D eigenvalue weighted by molar-refractivity contribution is 6.33. The second kappa shape index (κ2) is 3.79. The van der Waals surface area contributed by atoms with Crippen LogP contribution in [0.15, 0.2) is 36.5 Å². The number of benzene rings is 1. The third-order valence-electron chi connectivity index (χ3n) is 2.09. The zero-order valence-electron chi connectivity index (χ0n) is 7.94. The van der Waals surface area contributed by atoms with Gasteiger partial charge in [0.2, 0.25) is 0 Å². The van der Waals surface area contributed by atoms with Crippen LogP contribution in [0.3, 0.4) is 0 Å². The van der Waals surface area contributed by atoms with Crippen LogP contribution >= 0.6 is 11.6 Å². The summed E-state index contributed by atoms with van der Waals surface area (Å²) in [5, 5.41) is 0.565. The molecule has 0 fully saturated rings. The highest BCUT2D eigenvalue weighted by Gasteiger charge is 2.07. The molecule has 0 unspecified atom stereocenters. The largest absolute Gasteiger partial charge is 0.399 e. The van der Waals surface area contributed by atoms with Crippen LogP contribution in [0.4, 0.5) is 11.4 Å². The van der Waals surface area contributed by atoms with Crippen LogP contribution in [-0.2, 0) is 0 Å². The molecule has 0 aliphatic heterocycles. The van der Waals surface area contributed by atoms with E-state index in [0.29, 0.717) is 22.1 Å². The molecular weight excluding hydrogens is 210 g/mol. The Balaban J connectivity index is 2.64. The van der Waals surface area contributed by atoms with Gasteiger partial charge >= 0.3 is 0 Å². The number of aromatic nitrogens is 1. The van der Waals surface area contributed by atoms with Crippen LogP contribution in [0.1, 0.15) is 0 Å². The number of hydrogen-bond donors (Lipinski definition) is 2. The summed E-state index contributed by atoms with van der Waals surface area (Å²) in [7, 11) is 0. The van der Waals surface area contributed by atoms with Crippen LogP contribution in [-0.4, -0.2) is 4.98 Å². The van der Waals surface area contributed by atoms with Gasteiger partial charge in [-0.3, -0.25) is 4.98 Å². The summed E-state index contributed by atoms with van der Waals surface area (Å²) in [5.74, 6) is 0. The predicted octanol–water partition coefficient (Wildman–Crippen LogP) is 2.57. The van der Waals surface area contributed by atoms with Gasteiger partial charge in [-0.1, -0.05) is 11.6 Å². The number of rotatable bonds is 1. The van der Waals surface area contributed by atoms with Gasteiger partial charge in [-0.15, -0.1) is 0 Å². The molecule has 1 aromatic carbocycles. The summed E-state index contributed by atoms with van der Waals surface area (Å²) in [6, 6.07) is 8.80. The van der Waals surface area contributed by atoms with Crippen molar-refractivity contribution in [2.75, 3.05) is 11.5 Å². The molecule has 0 spiro atoms. The maximum atomic E-state index is 6.02. The fourth-order valence-corrected chi connectivity index (χ4v) is 1.59. The van der Waals surface area contributed by atoms with Crippen molar-refractivity contribution in [1.29, 1.82) is 0 Å². The summed E-state index contributed by atoms with van der Waals surface area (Å²) in [5.41, 5.74) is 14.2. The zero-order valence-corrected chi connectivity index (χ0v) is 8.70. The molecule has 0 atom stereocenters. The average molecular weight is 220 g/mol. The number of hydrogen-bond acceptors (Lipinski definition) is 3. The first-order valence-corrected chi connectivity index (χ1v) is 4.82. The Morgan fingerprint density at radius 1 is 1.13 bits per heavy atom. The summed E-state index contributed by atoms with van der Waals surface area (Å²) in [6.07, 6.45) is 1.67. The Morgan fingerprint density at radius 3 is 2.67 bits per heavy atom. The number of nitrogens with two attached hydrogens (primary N) is 2. The lowest BCUT2D eigenvalue weighted by molar-refractivity contribution is 1.33. The van der Waals surface area contributed by atoms with Crippen molar-refractivity contribution in [2.45, 2.75) is 0 Å². The molecule has 76 valence electrons. The van der Waals surface area contributed by atoms with Gasteiger partial charge in [0.1, 0.15) is 0 Å². The van der Waals surface area contributed by atoms with Gasteiger partial charge < -0.3 is 11.5 Å². The Morgan fingerprint density at radius 2 is 1.93 bits per heavy atom. The van der Waals surface area contributed by atoms with Crippen LogP contribution < -0.4 is 11.5 Å². The van der Waals surface area contributed by atoms with Crippen LogP contribution in [0, 0.1) is 0 Å². The molecule has 15 heavy (non-hydrogen) atoms. The van der Waals surface area contributed by atoms with Crippen molar-refractivity contribution in [3.8, 4) is 11.3 Å².